The van der Waals surface area contributed by atoms with Crippen molar-refractivity contribution in [3.8, 4) is 0 Å². The Kier molecular flexibility index (Phi) is 9.11. The molecule has 1 atom stereocenters. The number of sulfone groups is 1. The van der Waals surface area contributed by atoms with E-state index in [-0.39, 0.29) is 11.1 Å². The van der Waals surface area contributed by atoms with E-state index in [1.807, 2.05) is 6.92 Å². The molecule has 0 bridgehead atoms. The molecule has 0 radical (unpaired) electrons. The summed E-state index contributed by atoms with van der Waals surface area (Å²) >= 11 is 1.74. The van der Waals surface area contributed by atoms with Crippen LogP contribution in [0.1, 0.15) is 20.3 Å². The van der Waals surface area contributed by atoms with Gasteiger partial charge in [-0.1, -0.05) is 6.92 Å². The van der Waals surface area contributed by atoms with Gasteiger partial charge in [0.15, 0.2) is 9.84 Å². The highest BCUT2D eigenvalue weighted by molar-refractivity contribution is 8.01. The van der Waals surface area contributed by atoms with Gasteiger partial charge in [-0.25, -0.2) is 8.42 Å². The summed E-state index contributed by atoms with van der Waals surface area (Å²) in [6, 6.07) is 0. The Bertz CT molecular complexity index is 350. The lowest BCUT2D eigenvalue weighted by molar-refractivity contribution is 0.144. The molecule has 20 heavy (non-hydrogen) atoms. The van der Waals surface area contributed by atoms with Crippen LogP contribution in [0.4, 0.5) is 0 Å². The van der Waals surface area contributed by atoms with Crippen molar-refractivity contribution >= 4 is 21.6 Å². The summed E-state index contributed by atoms with van der Waals surface area (Å²) in [5.41, 5.74) is 0. The summed E-state index contributed by atoms with van der Waals surface area (Å²) < 4.78 is 29.4. The Hall–Kier alpha value is 0.180. The number of hydrogen-bond acceptors (Lipinski definition) is 6. The van der Waals surface area contributed by atoms with Crippen LogP contribution in [0.5, 0.6) is 0 Å². The fourth-order valence-corrected chi connectivity index (χ4v) is 5.30. The van der Waals surface area contributed by atoms with Gasteiger partial charge in [0.1, 0.15) is 5.37 Å². The highest BCUT2D eigenvalue weighted by atomic mass is 32.2. The van der Waals surface area contributed by atoms with E-state index in [0.717, 1.165) is 51.6 Å². The van der Waals surface area contributed by atoms with Gasteiger partial charge in [-0.2, -0.15) is 11.8 Å². The molecule has 0 aromatic carbocycles. The Morgan fingerprint density at radius 1 is 1.35 bits per heavy atom. The Morgan fingerprint density at radius 2 is 2.15 bits per heavy atom. The van der Waals surface area contributed by atoms with E-state index in [9.17, 15) is 8.42 Å². The second-order valence-electron chi connectivity index (χ2n) is 4.82. The van der Waals surface area contributed by atoms with E-state index in [0.29, 0.717) is 5.75 Å². The van der Waals surface area contributed by atoms with Crippen LogP contribution in [0.25, 0.3) is 0 Å². The van der Waals surface area contributed by atoms with Crippen molar-refractivity contribution in [3.05, 3.63) is 0 Å². The van der Waals surface area contributed by atoms with E-state index in [1.165, 1.54) is 0 Å². The number of ether oxygens (including phenoxy) is 1. The van der Waals surface area contributed by atoms with E-state index >= 15 is 0 Å². The standard InChI is InChI=1S/C13H28N2O3S2/c1-3-18-10-5-6-14-7-8-15-9-11-19-12-13(15)20(16,17)4-2/h13-14H,3-12H2,1-2H3. The zero-order valence-electron chi connectivity index (χ0n) is 12.6. The van der Waals surface area contributed by atoms with Gasteiger partial charge in [0.25, 0.3) is 0 Å². The van der Waals surface area contributed by atoms with Crippen LogP contribution in [-0.4, -0.2) is 75.3 Å². The second-order valence-corrected chi connectivity index (χ2v) is 8.41. The predicted molar refractivity (Wildman–Crippen MR) is 86.1 cm³/mol. The van der Waals surface area contributed by atoms with Gasteiger partial charge in [-0.05, 0) is 19.9 Å². The molecular weight excluding hydrogens is 296 g/mol. The lowest BCUT2D eigenvalue weighted by Gasteiger charge is -2.34. The van der Waals surface area contributed by atoms with Gasteiger partial charge in [0.05, 0.1) is 0 Å². The van der Waals surface area contributed by atoms with Crippen LogP contribution in [0, 0.1) is 0 Å². The highest BCUT2D eigenvalue weighted by Crippen LogP contribution is 2.20. The summed E-state index contributed by atoms with van der Waals surface area (Å²) in [5, 5.41) is 3.06. The largest absolute Gasteiger partial charge is 0.382 e. The molecule has 0 aromatic rings. The van der Waals surface area contributed by atoms with Crippen molar-refractivity contribution in [1.82, 2.24) is 10.2 Å². The lowest BCUT2D eigenvalue weighted by atomic mass is 10.4. The van der Waals surface area contributed by atoms with Gasteiger partial charge < -0.3 is 10.1 Å². The molecule has 1 aliphatic rings. The van der Waals surface area contributed by atoms with Crippen molar-refractivity contribution in [2.45, 2.75) is 25.6 Å². The van der Waals surface area contributed by atoms with Crippen LogP contribution in [-0.2, 0) is 14.6 Å². The third kappa shape index (κ3) is 6.30. The maximum atomic E-state index is 12.1. The number of thioether (sulfide) groups is 1. The number of rotatable bonds is 10. The molecule has 7 heteroatoms. The summed E-state index contributed by atoms with van der Waals surface area (Å²) in [6.45, 7) is 8.72. The van der Waals surface area contributed by atoms with Gasteiger partial charge in [0.2, 0.25) is 0 Å². The molecule has 1 aliphatic heterocycles. The molecule has 1 fully saturated rings. The van der Waals surface area contributed by atoms with Crippen molar-refractivity contribution in [1.29, 1.82) is 0 Å². The second kappa shape index (κ2) is 10.00. The molecule has 1 N–H and O–H groups in total. The fourth-order valence-electron chi connectivity index (χ4n) is 2.19. The first kappa shape index (κ1) is 18.2. The first-order valence-electron chi connectivity index (χ1n) is 7.43. The van der Waals surface area contributed by atoms with Crippen LogP contribution in [0.15, 0.2) is 0 Å². The van der Waals surface area contributed by atoms with E-state index < -0.39 is 9.84 Å². The zero-order chi connectivity index (χ0) is 14.8. The molecule has 0 aliphatic carbocycles. The number of nitrogens with one attached hydrogen (secondary N) is 1. The van der Waals surface area contributed by atoms with Crippen LogP contribution >= 0.6 is 11.8 Å². The van der Waals surface area contributed by atoms with Crippen molar-refractivity contribution in [3.63, 3.8) is 0 Å². The molecule has 0 amide bonds. The summed E-state index contributed by atoms with van der Waals surface area (Å²) in [4.78, 5) is 2.12. The zero-order valence-corrected chi connectivity index (χ0v) is 14.3. The molecule has 1 unspecified atom stereocenters. The normalized spacial score (nSPS) is 21.2. The van der Waals surface area contributed by atoms with Gasteiger partial charge in [-0.3, -0.25) is 4.90 Å². The third-order valence-corrected chi connectivity index (χ3v) is 6.76. The number of hydrogen-bond donors (Lipinski definition) is 1. The molecular formula is C13H28N2O3S2. The van der Waals surface area contributed by atoms with Gasteiger partial charge >= 0.3 is 0 Å². The minimum atomic E-state index is -2.97. The third-order valence-electron chi connectivity index (χ3n) is 3.43. The van der Waals surface area contributed by atoms with E-state index in [1.54, 1.807) is 18.7 Å². The fraction of sp³-hybridized carbons (Fsp3) is 1.00. The average molecular weight is 325 g/mol. The van der Waals surface area contributed by atoms with Gasteiger partial charge in [-0.15, -0.1) is 0 Å². The molecule has 0 spiro atoms. The van der Waals surface area contributed by atoms with Crippen molar-refractivity contribution in [2.75, 3.05) is 56.7 Å². The summed E-state index contributed by atoms with van der Waals surface area (Å²) in [6.07, 6.45) is 1.00. The van der Waals surface area contributed by atoms with Crippen LogP contribution in [0.2, 0.25) is 0 Å². The van der Waals surface area contributed by atoms with E-state index in [4.69, 9.17) is 4.74 Å². The Balaban J connectivity index is 2.26. The first-order valence-corrected chi connectivity index (χ1v) is 10.3. The molecule has 0 saturated carbocycles. The maximum Gasteiger partial charge on any atom is 0.166 e. The molecule has 1 rings (SSSR count). The topological polar surface area (TPSA) is 58.6 Å². The Labute approximate surface area is 127 Å². The quantitative estimate of drug-likeness (QED) is 0.600. The minimum absolute atomic E-state index is 0.233. The van der Waals surface area contributed by atoms with Gasteiger partial charge in [0, 0.05) is 50.1 Å². The summed E-state index contributed by atoms with van der Waals surface area (Å²) in [7, 11) is -2.97. The van der Waals surface area contributed by atoms with E-state index in [2.05, 4.69) is 10.2 Å². The molecule has 1 heterocycles. The molecule has 5 nitrogen and oxygen atoms in total. The van der Waals surface area contributed by atoms with Crippen molar-refractivity contribution < 1.29 is 13.2 Å². The average Bonchev–Trinajstić information content (AvgIpc) is 2.46. The molecule has 0 aromatic heterocycles. The minimum Gasteiger partial charge on any atom is -0.382 e. The smallest absolute Gasteiger partial charge is 0.166 e. The number of nitrogens with zero attached hydrogens (tertiary/aromatic N) is 1. The predicted octanol–water partition coefficient (Wildman–Crippen LogP) is 0.812. The SMILES string of the molecule is CCOCCCNCCN1CCSCC1S(=O)(=O)CC. The maximum absolute atomic E-state index is 12.1. The van der Waals surface area contributed by atoms with Crippen LogP contribution in [0.3, 0.4) is 0 Å². The first-order chi connectivity index (χ1) is 9.61. The lowest BCUT2D eigenvalue weighted by Crippen LogP contribution is -2.49. The highest BCUT2D eigenvalue weighted by Gasteiger charge is 2.32. The molecule has 1 saturated heterocycles. The van der Waals surface area contributed by atoms with Crippen LogP contribution < -0.4 is 5.32 Å². The Morgan fingerprint density at radius 3 is 2.85 bits per heavy atom. The van der Waals surface area contributed by atoms with Crippen molar-refractivity contribution in [2.24, 2.45) is 0 Å². The monoisotopic (exact) mass is 324 g/mol. The molecule has 120 valence electrons. The summed E-state index contributed by atoms with van der Waals surface area (Å²) in [5.74, 6) is 1.97.